The number of nitrogens with one attached hydrogen (secondary N) is 1. The minimum Gasteiger partial charge on any atom is -0.318 e. The van der Waals surface area contributed by atoms with Gasteiger partial charge in [0, 0.05) is 18.3 Å². The van der Waals surface area contributed by atoms with Gasteiger partial charge in [-0.1, -0.05) is 18.2 Å². The predicted molar refractivity (Wildman–Crippen MR) is 98.1 cm³/mol. The topological polar surface area (TPSA) is 66.5 Å². The van der Waals surface area contributed by atoms with Crippen molar-refractivity contribution in [2.24, 2.45) is 0 Å². The van der Waals surface area contributed by atoms with Crippen molar-refractivity contribution in [2.45, 2.75) is 36.4 Å². The molecule has 1 atom stereocenters. The summed E-state index contributed by atoms with van der Waals surface area (Å²) in [6.07, 6.45) is -3.44. The molecule has 1 N–H and O–H groups in total. The maximum atomic E-state index is 13.1. The number of hydrogen-bond donors (Lipinski definition) is 1. The molecule has 3 rings (SSSR count). The van der Waals surface area contributed by atoms with Crippen LogP contribution in [-0.4, -0.2) is 37.4 Å². The molecule has 0 aliphatic carbocycles. The molecule has 1 aliphatic rings. The second kappa shape index (κ2) is 8.11. The van der Waals surface area contributed by atoms with Crippen LogP contribution in [0.2, 0.25) is 0 Å². The van der Waals surface area contributed by atoms with E-state index < -0.39 is 22.1 Å². The smallest absolute Gasteiger partial charge is 0.318 e. The molecular weight excluding hydrogens is 412 g/mol. The summed E-state index contributed by atoms with van der Waals surface area (Å²) in [6, 6.07) is 10.2. The number of benzene rings is 2. The van der Waals surface area contributed by atoms with Crippen LogP contribution >= 0.6 is 0 Å². The number of anilines is 1. The number of hydrogen-bond acceptors (Lipinski definition) is 3. The molecule has 1 unspecified atom stereocenters. The van der Waals surface area contributed by atoms with Gasteiger partial charge in [0.25, 0.3) is 0 Å². The molecule has 0 spiro atoms. The Kier molecular flexibility index (Phi) is 5.95. The van der Waals surface area contributed by atoms with E-state index in [1.54, 1.807) is 17.4 Å². The van der Waals surface area contributed by atoms with E-state index in [9.17, 15) is 30.8 Å². The lowest BCUT2D eigenvalue weighted by molar-refractivity contribution is -0.167. The van der Waals surface area contributed by atoms with Crippen molar-refractivity contribution in [1.29, 1.82) is 0 Å². The second-order valence-corrected chi connectivity index (χ2v) is 8.61. The van der Waals surface area contributed by atoms with Crippen molar-refractivity contribution in [3.8, 4) is 0 Å². The molecule has 0 radical (unpaired) electrons. The van der Waals surface area contributed by atoms with E-state index >= 15 is 0 Å². The molecule has 0 aromatic heterocycles. The standard InChI is InChI=1S/C19H18F4N2O3S/c20-14-8-6-13(7-9-14)11-16-4-2-10-25(16)29(27,28)17-5-1-3-15(12-17)24-18(26)19(21,22)23/h1,3,5-9,12,16H,2,4,10-11H2,(H,24,26). The first-order valence-electron chi connectivity index (χ1n) is 8.82. The molecule has 1 saturated heterocycles. The van der Waals surface area contributed by atoms with Crippen LogP contribution in [0.25, 0.3) is 0 Å². The first-order chi connectivity index (χ1) is 13.6. The predicted octanol–water partition coefficient (Wildman–Crippen LogP) is 3.72. The highest BCUT2D eigenvalue weighted by molar-refractivity contribution is 7.89. The van der Waals surface area contributed by atoms with Crippen LogP contribution in [0.1, 0.15) is 18.4 Å². The van der Waals surface area contributed by atoms with Crippen molar-refractivity contribution < 1.29 is 30.8 Å². The third-order valence-corrected chi connectivity index (χ3v) is 6.61. The van der Waals surface area contributed by atoms with Crippen molar-refractivity contribution in [3.05, 3.63) is 59.9 Å². The van der Waals surface area contributed by atoms with Crippen LogP contribution in [0.5, 0.6) is 0 Å². The van der Waals surface area contributed by atoms with Crippen LogP contribution in [0.3, 0.4) is 0 Å². The molecule has 29 heavy (non-hydrogen) atoms. The van der Waals surface area contributed by atoms with Gasteiger partial charge in [0.1, 0.15) is 5.82 Å². The summed E-state index contributed by atoms with van der Waals surface area (Å²) in [4.78, 5) is 10.9. The largest absolute Gasteiger partial charge is 0.471 e. The van der Waals surface area contributed by atoms with Gasteiger partial charge in [-0.25, -0.2) is 12.8 Å². The summed E-state index contributed by atoms with van der Waals surface area (Å²) in [5.41, 5.74) is 0.521. The highest BCUT2D eigenvalue weighted by atomic mass is 32.2. The van der Waals surface area contributed by atoms with E-state index in [0.29, 0.717) is 19.3 Å². The molecular formula is C19H18F4N2O3S. The van der Waals surface area contributed by atoms with Gasteiger partial charge in [0.2, 0.25) is 10.0 Å². The lowest BCUT2D eigenvalue weighted by Crippen LogP contribution is -2.37. The Morgan fingerprint density at radius 1 is 1.14 bits per heavy atom. The molecule has 5 nitrogen and oxygen atoms in total. The summed E-state index contributed by atoms with van der Waals surface area (Å²) in [5, 5.41) is 1.66. The molecule has 1 aliphatic heterocycles. The quantitative estimate of drug-likeness (QED) is 0.736. The van der Waals surface area contributed by atoms with E-state index in [1.807, 2.05) is 0 Å². The number of amides is 1. The molecule has 156 valence electrons. The van der Waals surface area contributed by atoms with Crippen LogP contribution in [0.4, 0.5) is 23.2 Å². The summed E-state index contributed by atoms with van der Waals surface area (Å²) < 4.78 is 77.8. The minimum absolute atomic E-state index is 0.205. The zero-order valence-corrected chi connectivity index (χ0v) is 15.9. The summed E-state index contributed by atoms with van der Waals surface area (Å²) >= 11 is 0. The van der Waals surface area contributed by atoms with Gasteiger partial charge in [0.15, 0.2) is 0 Å². The molecule has 2 aromatic carbocycles. The normalized spacial score (nSPS) is 18.0. The Morgan fingerprint density at radius 2 is 1.83 bits per heavy atom. The van der Waals surface area contributed by atoms with Gasteiger partial charge in [-0.2, -0.15) is 17.5 Å². The van der Waals surface area contributed by atoms with E-state index in [4.69, 9.17) is 0 Å². The second-order valence-electron chi connectivity index (χ2n) is 6.72. The molecule has 0 saturated carbocycles. The molecule has 1 fully saturated rings. The highest BCUT2D eigenvalue weighted by Gasteiger charge is 2.39. The molecule has 1 amide bonds. The first-order valence-corrected chi connectivity index (χ1v) is 10.3. The fourth-order valence-electron chi connectivity index (χ4n) is 3.29. The molecule has 10 heteroatoms. The third kappa shape index (κ3) is 4.94. The van der Waals surface area contributed by atoms with Gasteiger partial charge in [-0.3, -0.25) is 4.79 Å². The molecule has 2 aromatic rings. The number of halogens is 4. The van der Waals surface area contributed by atoms with E-state index in [-0.39, 0.29) is 29.0 Å². The van der Waals surface area contributed by atoms with Gasteiger partial charge in [-0.05, 0) is 55.2 Å². The van der Waals surface area contributed by atoms with Crippen molar-refractivity contribution in [3.63, 3.8) is 0 Å². The van der Waals surface area contributed by atoms with Gasteiger partial charge < -0.3 is 5.32 Å². The fourth-order valence-corrected chi connectivity index (χ4v) is 5.03. The van der Waals surface area contributed by atoms with Gasteiger partial charge in [-0.15, -0.1) is 0 Å². The summed E-state index contributed by atoms with van der Waals surface area (Å²) in [7, 11) is -3.98. The van der Waals surface area contributed by atoms with Crippen LogP contribution < -0.4 is 5.32 Å². The first kappa shape index (κ1) is 21.3. The Bertz CT molecular complexity index is 991. The van der Waals surface area contributed by atoms with E-state index in [2.05, 4.69) is 0 Å². The van der Waals surface area contributed by atoms with Gasteiger partial charge in [0.05, 0.1) is 4.90 Å². The average molecular weight is 430 g/mol. The summed E-state index contributed by atoms with van der Waals surface area (Å²) in [6.45, 7) is 0.271. The summed E-state index contributed by atoms with van der Waals surface area (Å²) in [5.74, 6) is -2.57. The Hall–Kier alpha value is -2.46. The Labute approximate surface area is 165 Å². The Balaban J connectivity index is 1.81. The van der Waals surface area contributed by atoms with Crippen LogP contribution in [0.15, 0.2) is 53.4 Å². The monoisotopic (exact) mass is 430 g/mol. The zero-order valence-electron chi connectivity index (χ0n) is 15.1. The Morgan fingerprint density at radius 3 is 2.48 bits per heavy atom. The number of nitrogens with zero attached hydrogens (tertiary/aromatic N) is 1. The number of carbonyl (C=O) groups is 1. The third-order valence-electron chi connectivity index (χ3n) is 4.66. The average Bonchev–Trinajstić information content (AvgIpc) is 3.12. The fraction of sp³-hybridized carbons (Fsp3) is 0.316. The maximum Gasteiger partial charge on any atom is 0.471 e. The van der Waals surface area contributed by atoms with E-state index in [0.717, 1.165) is 11.6 Å². The van der Waals surface area contributed by atoms with Crippen molar-refractivity contribution in [1.82, 2.24) is 4.31 Å². The van der Waals surface area contributed by atoms with Crippen LogP contribution in [0, 0.1) is 5.82 Å². The lowest BCUT2D eigenvalue weighted by Gasteiger charge is -2.24. The highest BCUT2D eigenvalue weighted by Crippen LogP contribution is 2.29. The SMILES string of the molecule is O=C(Nc1cccc(S(=O)(=O)N2CCCC2Cc2ccc(F)cc2)c1)C(F)(F)F. The van der Waals surface area contributed by atoms with Crippen molar-refractivity contribution >= 4 is 21.6 Å². The van der Waals surface area contributed by atoms with Crippen molar-refractivity contribution in [2.75, 3.05) is 11.9 Å². The number of rotatable bonds is 5. The van der Waals surface area contributed by atoms with Crippen LogP contribution in [-0.2, 0) is 21.2 Å². The molecule has 1 heterocycles. The number of carbonyl (C=O) groups excluding carboxylic acids is 1. The maximum absolute atomic E-state index is 13.1. The lowest BCUT2D eigenvalue weighted by atomic mass is 10.0. The zero-order chi connectivity index (χ0) is 21.2. The van der Waals surface area contributed by atoms with Gasteiger partial charge >= 0.3 is 12.1 Å². The minimum atomic E-state index is -5.08. The number of sulfonamides is 1. The molecule has 0 bridgehead atoms. The number of alkyl halides is 3. The van der Waals surface area contributed by atoms with E-state index in [1.165, 1.54) is 34.6 Å².